The third-order valence-electron chi connectivity index (χ3n) is 5.71. The summed E-state index contributed by atoms with van der Waals surface area (Å²) in [5, 5.41) is 3.32. The molecule has 0 aromatic heterocycles. The Labute approximate surface area is 198 Å². The SMILES string of the molecule is CCOc1ccc(C(=O)Nc2ccc(N3CCN(Cc4ccccc4F)CC3)cc2)cc1Cl. The van der Waals surface area contributed by atoms with Gasteiger partial charge in [-0.2, -0.15) is 0 Å². The Kier molecular flexibility index (Phi) is 7.47. The number of carbonyl (C=O) groups excluding carboxylic acids is 1. The molecule has 0 aliphatic carbocycles. The first-order valence-corrected chi connectivity index (χ1v) is 11.5. The molecule has 33 heavy (non-hydrogen) atoms. The number of amides is 1. The van der Waals surface area contributed by atoms with Gasteiger partial charge in [0.25, 0.3) is 5.91 Å². The minimum atomic E-state index is -0.227. The van der Waals surface area contributed by atoms with Crippen molar-refractivity contribution in [3.63, 3.8) is 0 Å². The van der Waals surface area contributed by atoms with E-state index in [0.717, 1.165) is 37.4 Å². The minimum absolute atomic E-state index is 0.148. The Hall–Kier alpha value is -3.09. The zero-order chi connectivity index (χ0) is 23.2. The summed E-state index contributed by atoms with van der Waals surface area (Å²) in [5.74, 6) is 0.189. The summed E-state index contributed by atoms with van der Waals surface area (Å²) in [4.78, 5) is 17.1. The molecule has 1 heterocycles. The highest BCUT2D eigenvalue weighted by Gasteiger charge is 2.18. The van der Waals surface area contributed by atoms with Gasteiger partial charge >= 0.3 is 0 Å². The summed E-state index contributed by atoms with van der Waals surface area (Å²) in [6.45, 7) is 6.48. The van der Waals surface area contributed by atoms with E-state index in [2.05, 4.69) is 15.1 Å². The van der Waals surface area contributed by atoms with Gasteiger partial charge in [-0.05, 0) is 55.5 Å². The molecule has 0 bridgehead atoms. The summed E-state index contributed by atoms with van der Waals surface area (Å²) in [5.41, 5.74) is 3.02. The van der Waals surface area contributed by atoms with Gasteiger partial charge in [0.05, 0.1) is 11.6 Å². The maximum atomic E-state index is 13.9. The van der Waals surface area contributed by atoms with Gasteiger partial charge in [0.2, 0.25) is 0 Å². The Morgan fingerprint density at radius 2 is 1.76 bits per heavy atom. The number of anilines is 2. The fourth-order valence-corrected chi connectivity index (χ4v) is 4.14. The number of nitrogens with zero attached hydrogens (tertiary/aromatic N) is 2. The second-order valence-electron chi connectivity index (χ2n) is 7.93. The number of hydrogen-bond donors (Lipinski definition) is 1. The van der Waals surface area contributed by atoms with Crippen molar-refractivity contribution in [3.8, 4) is 5.75 Å². The highest BCUT2D eigenvalue weighted by molar-refractivity contribution is 6.32. The summed E-state index contributed by atoms with van der Waals surface area (Å²) in [6, 6.07) is 19.8. The molecule has 1 N–H and O–H groups in total. The van der Waals surface area contributed by atoms with E-state index in [1.807, 2.05) is 43.3 Å². The predicted octanol–water partition coefficient (Wildman–Crippen LogP) is 5.45. The van der Waals surface area contributed by atoms with Crippen LogP contribution in [-0.4, -0.2) is 43.6 Å². The maximum Gasteiger partial charge on any atom is 0.255 e. The van der Waals surface area contributed by atoms with Crippen molar-refractivity contribution in [2.75, 3.05) is 43.0 Å². The molecule has 1 amide bonds. The lowest BCUT2D eigenvalue weighted by molar-refractivity contribution is 0.102. The average molecular weight is 468 g/mol. The topological polar surface area (TPSA) is 44.8 Å². The number of ether oxygens (including phenoxy) is 1. The van der Waals surface area contributed by atoms with Gasteiger partial charge in [0.15, 0.2) is 0 Å². The second kappa shape index (κ2) is 10.7. The number of halogens is 2. The molecule has 0 radical (unpaired) electrons. The van der Waals surface area contributed by atoms with Crippen LogP contribution in [0.5, 0.6) is 5.75 Å². The summed E-state index contributed by atoms with van der Waals surface area (Å²) >= 11 is 6.19. The molecule has 7 heteroatoms. The maximum absolute atomic E-state index is 13.9. The summed E-state index contributed by atoms with van der Waals surface area (Å²) in [6.07, 6.45) is 0. The minimum Gasteiger partial charge on any atom is -0.492 e. The number of piperazine rings is 1. The summed E-state index contributed by atoms with van der Waals surface area (Å²) in [7, 11) is 0. The first-order valence-electron chi connectivity index (χ1n) is 11.1. The molecule has 172 valence electrons. The number of nitrogens with one attached hydrogen (secondary N) is 1. The number of hydrogen-bond acceptors (Lipinski definition) is 4. The monoisotopic (exact) mass is 467 g/mol. The lowest BCUT2D eigenvalue weighted by Crippen LogP contribution is -2.46. The van der Waals surface area contributed by atoms with E-state index in [1.54, 1.807) is 24.3 Å². The van der Waals surface area contributed by atoms with Crippen molar-refractivity contribution >= 4 is 28.9 Å². The molecule has 1 aliphatic heterocycles. The fraction of sp³-hybridized carbons (Fsp3) is 0.269. The van der Waals surface area contributed by atoms with Crippen molar-refractivity contribution < 1.29 is 13.9 Å². The van der Waals surface area contributed by atoms with Gasteiger partial charge in [-0.3, -0.25) is 9.69 Å². The molecular formula is C26H27ClFN3O2. The van der Waals surface area contributed by atoms with Gasteiger partial charge in [0.1, 0.15) is 11.6 Å². The average Bonchev–Trinajstić information content (AvgIpc) is 2.83. The van der Waals surface area contributed by atoms with E-state index in [9.17, 15) is 9.18 Å². The second-order valence-corrected chi connectivity index (χ2v) is 8.34. The van der Waals surface area contributed by atoms with E-state index < -0.39 is 0 Å². The molecule has 3 aromatic rings. The highest BCUT2D eigenvalue weighted by Crippen LogP contribution is 2.26. The van der Waals surface area contributed by atoms with Crippen molar-refractivity contribution in [1.29, 1.82) is 0 Å². The van der Waals surface area contributed by atoms with Crippen LogP contribution in [0, 0.1) is 5.82 Å². The number of carbonyl (C=O) groups is 1. The molecule has 0 saturated carbocycles. The quantitative estimate of drug-likeness (QED) is 0.501. The number of benzene rings is 3. The van der Waals surface area contributed by atoms with Crippen LogP contribution < -0.4 is 15.0 Å². The van der Waals surface area contributed by atoms with E-state index in [0.29, 0.717) is 35.2 Å². The molecule has 1 aliphatic rings. The third kappa shape index (κ3) is 5.83. The van der Waals surface area contributed by atoms with E-state index in [-0.39, 0.29) is 11.7 Å². The molecule has 1 saturated heterocycles. The molecular weight excluding hydrogens is 441 g/mol. The van der Waals surface area contributed by atoms with Gasteiger partial charge in [-0.25, -0.2) is 4.39 Å². The van der Waals surface area contributed by atoms with Crippen LogP contribution in [-0.2, 0) is 6.54 Å². The van der Waals surface area contributed by atoms with Crippen LogP contribution in [0.1, 0.15) is 22.8 Å². The van der Waals surface area contributed by atoms with Crippen LogP contribution in [0.25, 0.3) is 0 Å². The van der Waals surface area contributed by atoms with Gasteiger partial charge in [-0.15, -0.1) is 0 Å². The molecule has 4 rings (SSSR count). The van der Waals surface area contributed by atoms with Crippen molar-refractivity contribution in [2.45, 2.75) is 13.5 Å². The zero-order valence-corrected chi connectivity index (χ0v) is 19.3. The van der Waals surface area contributed by atoms with E-state index in [4.69, 9.17) is 16.3 Å². The highest BCUT2D eigenvalue weighted by atomic mass is 35.5. The van der Waals surface area contributed by atoms with E-state index >= 15 is 0 Å². The summed E-state index contributed by atoms with van der Waals surface area (Å²) < 4.78 is 19.3. The first kappa shape index (κ1) is 23.1. The lowest BCUT2D eigenvalue weighted by atomic mass is 10.1. The standard InChI is InChI=1S/C26H27ClFN3O2/c1-2-33-25-12-7-19(17-23(25)27)26(32)29-21-8-10-22(11-9-21)31-15-13-30(14-16-31)18-20-5-3-4-6-24(20)28/h3-12,17H,2,13-16,18H2,1H3,(H,29,32). The molecule has 0 atom stereocenters. The fourth-order valence-electron chi connectivity index (χ4n) is 3.91. The van der Waals surface area contributed by atoms with Gasteiger partial charge in [0, 0.05) is 55.2 Å². The largest absolute Gasteiger partial charge is 0.492 e. The first-order chi connectivity index (χ1) is 16.0. The van der Waals surface area contributed by atoms with Crippen molar-refractivity contribution in [1.82, 2.24) is 4.90 Å². The predicted molar refractivity (Wildman–Crippen MR) is 131 cm³/mol. The van der Waals surface area contributed by atoms with Crippen molar-refractivity contribution in [3.05, 3.63) is 88.7 Å². The van der Waals surface area contributed by atoms with Crippen LogP contribution in [0.4, 0.5) is 15.8 Å². The molecule has 0 unspecified atom stereocenters. The molecule has 3 aromatic carbocycles. The molecule has 1 fully saturated rings. The Morgan fingerprint density at radius 1 is 1.03 bits per heavy atom. The van der Waals surface area contributed by atoms with Gasteiger partial charge in [-0.1, -0.05) is 29.8 Å². The van der Waals surface area contributed by atoms with Crippen molar-refractivity contribution in [2.24, 2.45) is 0 Å². The molecule has 0 spiro atoms. The normalized spacial score (nSPS) is 14.2. The van der Waals surface area contributed by atoms with E-state index in [1.165, 1.54) is 6.07 Å². The lowest BCUT2D eigenvalue weighted by Gasteiger charge is -2.36. The van der Waals surface area contributed by atoms with Gasteiger partial charge < -0.3 is 15.0 Å². The smallest absolute Gasteiger partial charge is 0.255 e. The zero-order valence-electron chi connectivity index (χ0n) is 18.6. The molecule has 5 nitrogen and oxygen atoms in total. The van der Waals surface area contributed by atoms with Crippen LogP contribution in [0.2, 0.25) is 5.02 Å². The number of rotatable bonds is 7. The van der Waals surface area contributed by atoms with Crippen LogP contribution in [0.15, 0.2) is 66.7 Å². The Balaban J connectivity index is 1.31. The third-order valence-corrected chi connectivity index (χ3v) is 6.00. The Bertz CT molecular complexity index is 1100. The van der Waals surface area contributed by atoms with Crippen LogP contribution >= 0.6 is 11.6 Å². The Morgan fingerprint density at radius 3 is 2.42 bits per heavy atom. The van der Waals surface area contributed by atoms with Crippen LogP contribution in [0.3, 0.4) is 0 Å².